The Balaban J connectivity index is 1.06. The van der Waals surface area contributed by atoms with Crippen molar-refractivity contribution in [3.05, 3.63) is 84.2 Å². The van der Waals surface area contributed by atoms with Crippen LogP contribution in [0.5, 0.6) is 0 Å². The van der Waals surface area contributed by atoms with Gasteiger partial charge in [0.2, 0.25) is 0 Å². The summed E-state index contributed by atoms with van der Waals surface area (Å²) in [6, 6.07) is 22.1. The standard InChI is InChI=1S/C32H40N6/c1-24-35-29-9-5-6-10-30(29)38(24)28-21-26-11-12-27(22-28)37(26)20-15-32(25-7-3-2-4-8-25)13-18-36(19-14-32)23-31-33-16-17-34-31/h2-10,16-17,26-28H,11-15,18-23H2,1H3,(H,33,34)/t26-,27+,28?. The molecule has 3 atom stereocenters. The van der Waals surface area contributed by atoms with Crippen LogP contribution in [-0.4, -0.2) is 61.0 Å². The zero-order valence-corrected chi connectivity index (χ0v) is 22.6. The van der Waals surface area contributed by atoms with Crippen LogP contribution in [0, 0.1) is 6.92 Å². The maximum atomic E-state index is 4.89. The quantitative estimate of drug-likeness (QED) is 0.340. The fraction of sp³-hybridized carbons (Fsp3) is 0.500. The summed E-state index contributed by atoms with van der Waals surface area (Å²) in [6.07, 6.45) is 12.7. The minimum atomic E-state index is 0.272. The number of aryl methyl sites for hydroxylation is 1. The summed E-state index contributed by atoms with van der Waals surface area (Å²) in [6.45, 7) is 6.61. The van der Waals surface area contributed by atoms with Gasteiger partial charge in [0, 0.05) is 30.5 Å². The number of hydrogen-bond donors (Lipinski definition) is 1. The lowest BCUT2D eigenvalue weighted by Gasteiger charge is -2.45. The number of nitrogens with one attached hydrogen (secondary N) is 1. The maximum absolute atomic E-state index is 4.89. The largest absolute Gasteiger partial charge is 0.348 e. The van der Waals surface area contributed by atoms with E-state index in [0.717, 1.165) is 31.0 Å². The predicted octanol–water partition coefficient (Wildman–Crippen LogP) is 5.86. The molecule has 1 N–H and O–H groups in total. The van der Waals surface area contributed by atoms with Crippen LogP contribution >= 0.6 is 0 Å². The molecule has 0 radical (unpaired) electrons. The number of aromatic amines is 1. The summed E-state index contributed by atoms with van der Waals surface area (Å²) >= 11 is 0. The van der Waals surface area contributed by atoms with Crippen LogP contribution < -0.4 is 0 Å². The summed E-state index contributed by atoms with van der Waals surface area (Å²) in [5, 5.41) is 0. The van der Waals surface area contributed by atoms with Crippen molar-refractivity contribution in [2.75, 3.05) is 19.6 Å². The molecule has 2 bridgehead atoms. The first kappa shape index (κ1) is 24.1. The second-order valence-electron chi connectivity index (χ2n) is 12.0. The molecule has 7 rings (SSSR count). The monoisotopic (exact) mass is 508 g/mol. The van der Waals surface area contributed by atoms with Crippen molar-refractivity contribution in [3.8, 4) is 0 Å². The topological polar surface area (TPSA) is 53.0 Å². The van der Waals surface area contributed by atoms with Crippen LogP contribution in [0.4, 0.5) is 0 Å². The Bertz CT molecular complexity index is 1340. The molecule has 3 aliphatic heterocycles. The molecule has 198 valence electrons. The Morgan fingerprint density at radius 1 is 0.921 bits per heavy atom. The molecule has 38 heavy (non-hydrogen) atoms. The van der Waals surface area contributed by atoms with E-state index in [1.54, 1.807) is 5.56 Å². The van der Waals surface area contributed by atoms with Gasteiger partial charge < -0.3 is 9.55 Å². The van der Waals surface area contributed by atoms with Crippen LogP contribution in [0.2, 0.25) is 0 Å². The SMILES string of the molecule is Cc1nc2ccccc2n1C1C[C@H]2CC[C@@H](C1)N2CCC1(c2ccccc2)CCN(Cc2ncc[nH]2)CC1. The molecule has 0 amide bonds. The Kier molecular flexibility index (Phi) is 6.33. The highest BCUT2D eigenvalue weighted by molar-refractivity contribution is 5.76. The Morgan fingerprint density at radius 2 is 1.66 bits per heavy atom. The highest BCUT2D eigenvalue weighted by atomic mass is 15.2. The first-order valence-electron chi connectivity index (χ1n) is 14.6. The third kappa shape index (κ3) is 4.38. The highest BCUT2D eigenvalue weighted by Gasteiger charge is 2.44. The van der Waals surface area contributed by atoms with E-state index in [1.165, 1.54) is 62.8 Å². The molecule has 1 unspecified atom stereocenters. The van der Waals surface area contributed by atoms with Gasteiger partial charge >= 0.3 is 0 Å². The van der Waals surface area contributed by atoms with Gasteiger partial charge in [0.05, 0.1) is 17.6 Å². The van der Waals surface area contributed by atoms with E-state index in [-0.39, 0.29) is 5.41 Å². The molecule has 5 heterocycles. The number of rotatable bonds is 7. The fourth-order valence-corrected chi connectivity index (χ4v) is 8.00. The van der Waals surface area contributed by atoms with Crippen LogP contribution in [0.25, 0.3) is 11.0 Å². The minimum absolute atomic E-state index is 0.272. The number of hydrogen-bond acceptors (Lipinski definition) is 4. The van der Waals surface area contributed by atoms with Crippen molar-refractivity contribution in [2.24, 2.45) is 0 Å². The Hall–Kier alpha value is -2.96. The van der Waals surface area contributed by atoms with Crippen molar-refractivity contribution >= 4 is 11.0 Å². The number of likely N-dealkylation sites (tertiary alicyclic amines) is 1. The van der Waals surface area contributed by atoms with E-state index >= 15 is 0 Å². The molecule has 3 aliphatic rings. The third-order valence-electron chi connectivity index (χ3n) is 9.97. The molecule has 2 aromatic heterocycles. The smallest absolute Gasteiger partial charge is 0.120 e. The van der Waals surface area contributed by atoms with Crippen LogP contribution in [0.1, 0.15) is 68.2 Å². The number of nitrogens with zero attached hydrogens (tertiary/aromatic N) is 5. The average Bonchev–Trinajstić information content (AvgIpc) is 3.64. The number of imidazole rings is 2. The summed E-state index contributed by atoms with van der Waals surface area (Å²) in [4.78, 5) is 18.1. The number of piperidine rings is 2. The number of H-pyrrole nitrogens is 1. The summed E-state index contributed by atoms with van der Waals surface area (Å²) < 4.78 is 2.55. The van der Waals surface area contributed by atoms with Crippen LogP contribution in [-0.2, 0) is 12.0 Å². The second-order valence-corrected chi connectivity index (χ2v) is 12.0. The van der Waals surface area contributed by atoms with Crippen molar-refractivity contribution in [1.29, 1.82) is 0 Å². The zero-order valence-electron chi connectivity index (χ0n) is 22.6. The lowest BCUT2D eigenvalue weighted by Crippen LogP contribution is -2.48. The van der Waals surface area contributed by atoms with Gasteiger partial charge in [-0.1, -0.05) is 42.5 Å². The van der Waals surface area contributed by atoms with Gasteiger partial charge in [-0.25, -0.2) is 9.97 Å². The van der Waals surface area contributed by atoms with Crippen LogP contribution in [0.15, 0.2) is 67.0 Å². The number of benzene rings is 2. The number of fused-ring (bicyclic) bond motifs is 3. The molecule has 3 saturated heterocycles. The van der Waals surface area contributed by atoms with Gasteiger partial charge in [0.1, 0.15) is 11.6 Å². The third-order valence-corrected chi connectivity index (χ3v) is 9.97. The molecule has 4 aromatic rings. The molecule has 0 aliphatic carbocycles. The highest BCUT2D eigenvalue weighted by Crippen LogP contribution is 2.45. The normalized spacial score (nSPS) is 25.8. The number of para-hydroxylation sites is 2. The lowest BCUT2D eigenvalue weighted by molar-refractivity contribution is 0.0808. The van der Waals surface area contributed by atoms with Gasteiger partial charge in [-0.05, 0) is 94.6 Å². The van der Waals surface area contributed by atoms with Crippen molar-refractivity contribution in [2.45, 2.75) is 82.0 Å². The predicted molar refractivity (Wildman–Crippen MR) is 152 cm³/mol. The molecule has 2 aromatic carbocycles. The molecular weight excluding hydrogens is 468 g/mol. The van der Waals surface area contributed by atoms with Crippen molar-refractivity contribution < 1.29 is 0 Å². The van der Waals surface area contributed by atoms with Gasteiger partial charge in [-0.15, -0.1) is 0 Å². The van der Waals surface area contributed by atoms with E-state index < -0.39 is 0 Å². The van der Waals surface area contributed by atoms with E-state index in [1.807, 2.05) is 12.4 Å². The summed E-state index contributed by atoms with van der Waals surface area (Å²) in [5.41, 5.74) is 4.27. The van der Waals surface area contributed by atoms with Gasteiger partial charge in [0.25, 0.3) is 0 Å². The fourth-order valence-electron chi connectivity index (χ4n) is 8.00. The van der Waals surface area contributed by atoms with Crippen molar-refractivity contribution in [1.82, 2.24) is 29.3 Å². The average molecular weight is 509 g/mol. The van der Waals surface area contributed by atoms with E-state index in [4.69, 9.17) is 4.98 Å². The first-order chi connectivity index (χ1) is 18.7. The lowest BCUT2D eigenvalue weighted by atomic mass is 9.70. The minimum Gasteiger partial charge on any atom is -0.348 e. The van der Waals surface area contributed by atoms with Gasteiger partial charge in [-0.3, -0.25) is 9.80 Å². The van der Waals surface area contributed by atoms with Crippen LogP contribution in [0.3, 0.4) is 0 Å². The second kappa shape index (κ2) is 9.97. The summed E-state index contributed by atoms with van der Waals surface area (Å²) in [5.74, 6) is 2.26. The molecule has 0 saturated carbocycles. The number of aromatic nitrogens is 4. The molecule has 6 nitrogen and oxygen atoms in total. The molecular formula is C32H40N6. The van der Waals surface area contributed by atoms with Gasteiger partial charge in [0.15, 0.2) is 0 Å². The van der Waals surface area contributed by atoms with E-state index in [2.05, 4.69) is 85.9 Å². The maximum Gasteiger partial charge on any atom is 0.120 e. The van der Waals surface area contributed by atoms with Gasteiger partial charge in [-0.2, -0.15) is 0 Å². The Morgan fingerprint density at radius 3 is 2.39 bits per heavy atom. The molecule has 0 spiro atoms. The van der Waals surface area contributed by atoms with Crippen molar-refractivity contribution in [3.63, 3.8) is 0 Å². The zero-order chi connectivity index (χ0) is 25.5. The summed E-state index contributed by atoms with van der Waals surface area (Å²) in [7, 11) is 0. The molecule has 6 heteroatoms. The first-order valence-corrected chi connectivity index (χ1v) is 14.6. The van der Waals surface area contributed by atoms with E-state index in [9.17, 15) is 0 Å². The Labute approximate surface area is 226 Å². The molecule has 3 fully saturated rings. The van der Waals surface area contributed by atoms with E-state index in [0.29, 0.717) is 18.1 Å².